The molecule has 3 N–H and O–H groups in total. The largest absolute Gasteiger partial charge is 0.443 e. The number of carbonyl (C=O) groups excluding carboxylic acids is 1. The third-order valence-electron chi connectivity index (χ3n) is 7.11. The molecule has 4 fully saturated rings. The van der Waals surface area contributed by atoms with E-state index in [1.54, 1.807) is 24.0 Å². The van der Waals surface area contributed by atoms with Crippen LogP contribution >= 0.6 is 0 Å². The van der Waals surface area contributed by atoms with Gasteiger partial charge in [-0.25, -0.2) is 18.7 Å². The Hall–Kier alpha value is -3.21. The molecule has 4 aliphatic carbocycles. The van der Waals surface area contributed by atoms with Crippen LogP contribution in [0.15, 0.2) is 24.5 Å². The molecule has 3 aromatic heterocycles. The minimum atomic E-state index is -1.20. The summed E-state index contributed by atoms with van der Waals surface area (Å²) in [5.74, 6) is 1.82. The number of alkyl halides is 1. The third-order valence-corrected chi connectivity index (χ3v) is 7.11. The average molecular weight is 455 g/mol. The number of carbonyl (C=O) groups is 1. The maximum atomic E-state index is 14.6. The minimum absolute atomic E-state index is 0.0771. The van der Waals surface area contributed by atoms with Crippen LogP contribution in [-0.4, -0.2) is 55.8 Å². The molecule has 0 aliphatic heterocycles. The lowest BCUT2D eigenvalue weighted by Gasteiger charge is -2.61. The molecule has 0 spiro atoms. The number of nitrogens with one attached hydrogen (secondary N) is 3. The van der Waals surface area contributed by atoms with E-state index in [1.165, 1.54) is 0 Å². The first-order valence-corrected chi connectivity index (χ1v) is 11.3. The zero-order chi connectivity index (χ0) is 22.6. The molecule has 4 aliphatic rings. The molecular formula is C22H26FN7O3. The highest BCUT2D eigenvalue weighted by molar-refractivity contribution is 5.72. The van der Waals surface area contributed by atoms with Crippen LogP contribution in [0.5, 0.6) is 0 Å². The van der Waals surface area contributed by atoms with Crippen molar-refractivity contribution in [1.82, 2.24) is 30.1 Å². The second-order valence-corrected chi connectivity index (χ2v) is 9.52. The number of ether oxygens (including phenoxy) is 2. The van der Waals surface area contributed by atoms with Crippen molar-refractivity contribution in [2.75, 3.05) is 12.4 Å². The van der Waals surface area contributed by atoms with Crippen molar-refractivity contribution < 1.29 is 18.7 Å². The second-order valence-electron chi connectivity index (χ2n) is 9.52. The summed E-state index contributed by atoms with van der Waals surface area (Å²) >= 11 is 0. The summed E-state index contributed by atoms with van der Waals surface area (Å²) < 4.78 is 26.9. The van der Waals surface area contributed by atoms with Crippen molar-refractivity contribution in [3.05, 3.63) is 35.9 Å². The smallest absolute Gasteiger partial charge is 0.407 e. The predicted molar refractivity (Wildman–Crippen MR) is 116 cm³/mol. The van der Waals surface area contributed by atoms with Gasteiger partial charge in [0.15, 0.2) is 11.6 Å². The van der Waals surface area contributed by atoms with Crippen LogP contribution in [0.1, 0.15) is 49.4 Å². The van der Waals surface area contributed by atoms with Crippen LogP contribution in [-0.2, 0) is 16.1 Å². The molecule has 11 heteroatoms. The first-order chi connectivity index (χ1) is 16.0. The van der Waals surface area contributed by atoms with Crippen LogP contribution in [0, 0.1) is 5.92 Å². The monoisotopic (exact) mass is 455 g/mol. The Morgan fingerprint density at radius 3 is 2.94 bits per heavy atom. The number of methoxy groups -OCH3 is 1. The third kappa shape index (κ3) is 3.69. The van der Waals surface area contributed by atoms with Crippen molar-refractivity contribution in [1.29, 1.82) is 0 Å². The van der Waals surface area contributed by atoms with Gasteiger partial charge in [-0.3, -0.25) is 5.10 Å². The molecular weight excluding hydrogens is 429 g/mol. The lowest BCUT2D eigenvalue weighted by atomic mass is 9.50. The molecule has 3 atom stereocenters. The number of hydrogen-bond acceptors (Lipinski definition) is 7. The lowest BCUT2D eigenvalue weighted by Crippen LogP contribution is -2.68. The van der Waals surface area contributed by atoms with Gasteiger partial charge in [-0.2, -0.15) is 10.2 Å². The zero-order valence-corrected chi connectivity index (χ0v) is 18.3. The van der Waals surface area contributed by atoms with Gasteiger partial charge >= 0.3 is 6.09 Å². The zero-order valence-electron chi connectivity index (χ0n) is 18.3. The van der Waals surface area contributed by atoms with Crippen molar-refractivity contribution >= 4 is 23.2 Å². The van der Waals surface area contributed by atoms with Gasteiger partial charge < -0.3 is 20.1 Å². The maximum Gasteiger partial charge on any atom is 0.407 e. The van der Waals surface area contributed by atoms with Gasteiger partial charge in [-0.1, -0.05) is 0 Å². The van der Waals surface area contributed by atoms with Gasteiger partial charge in [0.1, 0.15) is 17.8 Å². The van der Waals surface area contributed by atoms with Crippen molar-refractivity contribution in [2.24, 2.45) is 5.92 Å². The van der Waals surface area contributed by atoms with Crippen molar-refractivity contribution in [3.8, 4) is 0 Å². The van der Waals surface area contributed by atoms with Crippen LogP contribution in [0.3, 0.4) is 0 Å². The molecule has 0 saturated heterocycles. The Morgan fingerprint density at radius 2 is 2.18 bits per heavy atom. The predicted octanol–water partition coefficient (Wildman–Crippen LogP) is 3.21. The summed E-state index contributed by atoms with van der Waals surface area (Å²) in [7, 11) is 1.62. The quantitative estimate of drug-likeness (QED) is 0.501. The molecule has 10 nitrogen and oxygen atoms in total. The number of aromatic nitrogens is 5. The number of alkyl carbamates (subject to hydrolysis) is 1. The number of hydrogen-bond donors (Lipinski definition) is 3. The fourth-order valence-electron chi connectivity index (χ4n) is 5.36. The first kappa shape index (κ1) is 20.4. The first-order valence-electron chi connectivity index (χ1n) is 11.3. The van der Waals surface area contributed by atoms with Gasteiger partial charge in [0.2, 0.25) is 0 Å². The van der Waals surface area contributed by atoms with Crippen LogP contribution in [0.25, 0.3) is 5.52 Å². The topological polar surface area (TPSA) is 118 Å². The van der Waals surface area contributed by atoms with E-state index in [-0.39, 0.29) is 17.9 Å². The Bertz CT molecular complexity index is 1180. The highest BCUT2D eigenvalue weighted by Crippen LogP contribution is 2.57. The fraction of sp³-hybridized carbons (Fsp3) is 0.545. The van der Waals surface area contributed by atoms with E-state index >= 15 is 0 Å². The van der Waals surface area contributed by atoms with E-state index in [4.69, 9.17) is 9.47 Å². The molecule has 174 valence electrons. The molecule has 3 heterocycles. The molecule has 7 rings (SSSR count). The number of rotatable bonds is 7. The van der Waals surface area contributed by atoms with E-state index in [1.807, 2.05) is 12.1 Å². The minimum Gasteiger partial charge on any atom is -0.443 e. The lowest BCUT2D eigenvalue weighted by molar-refractivity contribution is -0.0530. The molecule has 3 aromatic rings. The number of halogens is 1. The van der Waals surface area contributed by atoms with E-state index in [2.05, 4.69) is 30.9 Å². The number of H-pyrrole nitrogens is 1. The van der Waals surface area contributed by atoms with E-state index in [9.17, 15) is 9.18 Å². The van der Waals surface area contributed by atoms with Gasteiger partial charge in [-0.05, 0) is 44.1 Å². The summed E-state index contributed by atoms with van der Waals surface area (Å²) in [5, 5.41) is 17.9. The molecule has 4 saturated carbocycles. The Balaban J connectivity index is 1.10. The summed E-state index contributed by atoms with van der Waals surface area (Å²) in [4.78, 5) is 16.6. The molecule has 0 radical (unpaired) electrons. The fourth-order valence-corrected chi connectivity index (χ4v) is 5.36. The van der Waals surface area contributed by atoms with Gasteiger partial charge in [-0.15, -0.1) is 0 Å². The average Bonchev–Trinajstić information content (AvgIpc) is 3.44. The van der Waals surface area contributed by atoms with E-state index < -0.39 is 18.4 Å². The van der Waals surface area contributed by atoms with Gasteiger partial charge in [0.05, 0.1) is 12.3 Å². The highest BCUT2D eigenvalue weighted by Gasteiger charge is 2.58. The summed E-state index contributed by atoms with van der Waals surface area (Å²) in [5.41, 5.74) is 2.31. The molecule has 0 aromatic carbocycles. The molecule has 1 amide bonds. The van der Waals surface area contributed by atoms with E-state index in [0.29, 0.717) is 24.7 Å². The molecule has 33 heavy (non-hydrogen) atoms. The summed E-state index contributed by atoms with van der Waals surface area (Å²) in [6.45, 7) is 0.405. The Labute approximate surface area is 189 Å². The summed E-state index contributed by atoms with van der Waals surface area (Å²) in [6.07, 6.45) is 4.73. The standard InChI is InChI=1S/C22H26FN7O3/c1-32-11-14-6-17-20(24-2-3-30(17)29-14)25-19-7-16(27-28-19)13-4-15(23)18(5-13)33-21(31)26-22-8-12(9-22)10-22/h2-3,6-7,12-13,15,18H,4-5,8-11H2,1H3,(H,26,31)(H2,24,25,27,28)/t12?,13-,15+,18-,22?/m0/s1. The summed E-state index contributed by atoms with van der Waals surface area (Å²) in [6, 6.07) is 3.75. The number of nitrogens with zero attached hydrogens (tertiary/aromatic N) is 4. The van der Waals surface area contributed by atoms with Gasteiger partial charge in [0, 0.05) is 42.7 Å². The van der Waals surface area contributed by atoms with E-state index in [0.717, 1.165) is 42.1 Å². The van der Waals surface area contributed by atoms with Gasteiger partial charge in [0.25, 0.3) is 0 Å². The Kier molecular flexibility index (Phi) is 4.75. The number of fused-ring (bicyclic) bond motifs is 1. The SMILES string of the molecule is COCc1cc2c(Nc3cc([C@H]4C[C@@H](F)[C@@H](OC(=O)NC56CC(C5)C6)C4)[nH]n3)nccn2n1. The molecule has 2 bridgehead atoms. The van der Waals surface area contributed by atoms with Crippen LogP contribution in [0.2, 0.25) is 0 Å². The van der Waals surface area contributed by atoms with Crippen LogP contribution in [0.4, 0.5) is 20.8 Å². The number of aromatic amines is 1. The highest BCUT2D eigenvalue weighted by atomic mass is 19.1. The Morgan fingerprint density at radius 1 is 1.33 bits per heavy atom. The number of anilines is 2. The number of amides is 1. The van der Waals surface area contributed by atoms with Crippen LogP contribution < -0.4 is 10.6 Å². The molecule has 0 unspecified atom stereocenters. The maximum absolute atomic E-state index is 14.6. The second kappa shape index (κ2) is 7.68. The van der Waals surface area contributed by atoms with Crippen molar-refractivity contribution in [2.45, 2.75) is 62.4 Å². The normalized spacial score (nSPS) is 30.0. The van der Waals surface area contributed by atoms with Crippen molar-refractivity contribution in [3.63, 3.8) is 0 Å².